The number of carbonyl (C=O) groups is 1. The topological polar surface area (TPSA) is 32.3 Å². The van der Waals surface area contributed by atoms with Crippen LogP contribution in [-0.2, 0) is 6.54 Å². The number of hydrogen-bond donors (Lipinski definition) is 1. The maximum Gasteiger partial charge on any atom is 0.317 e. The van der Waals surface area contributed by atoms with Crippen LogP contribution in [0.3, 0.4) is 0 Å². The monoisotopic (exact) mass is 362 g/mol. The van der Waals surface area contributed by atoms with Gasteiger partial charge >= 0.3 is 6.03 Å². The number of rotatable bonds is 5. The number of nitrogens with one attached hydrogen (secondary N) is 1. The minimum atomic E-state index is -0.285. The van der Waals surface area contributed by atoms with Crippen LogP contribution >= 0.6 is 0 Å². The van der Waals surface area contributed by atoms with Gasteiger partial charge in [-0.1, -0.05) is 66.7 Å². The fourth-order valence-electron chi connectivity index (χ4n) is 3.02. The van der Waals surface area contributed by atoms with E-state index < -0.39 is 0 Å². The largest absolute Gasteiger partial charge is 0.331 e. The molecule has 1 atom stereocenters. The van der Waals surface area contributed by atoms with E-state index in [0.717, 1.165) is 22.3 Å². The van der Waals surface area contributed by atoms with Gasteiger partial charge in [0, 0.05) is 13.6 Å². The highest BCUT2D eigenvalue weighted by molar-refractivity contribution is 5.75. The summed E-state index contributed by atoms with van der Waals surface area (Å²) < 4.78 is 13.1. The minimum absolute atomic E-state index is 0.172. The van der Waals surface area contributed by atoms with Gasteiger partial charge in [0.2, 0.25) is 0 Å². The molecule has 0 saturated heterocycles. The predicted octanol–water partition coefficient (Wildman–Crippen LogP) is 5.40. The van der Waals surface area contributed by atoms with Gasteiger partial charge in [0.05, 0.1) is 6.04 Å². The zero-order valence-electron chi connectivity index (χ0n) is 15.5. The second-order valence-electron chi connectivity index (χ2n) is 6.60. The van der Waals surface area contributed by atoms with Gasteiger partial charge in [0.15, 0.2) is 0 Å². The molecule has 0 spiro atoms. The first-order chi connectivity index (χ1) is 13.0. The molecule has 0 aliphatic heterocycles. The smallest absolute Gasteiger partial charge is 0.317 e. The highest BCUT2D eigenvalue weighted by atomic mass is 19.1. The number of urea groups is 1. The van der Waals surface area contributed by atoms with Crippen molar-refractivity contribution in [2.75, 3.05) is 7.05 Å². The van der Waals surface area contributed by atoms with Gasteiger partial charge in [-0.2, -0.15) is 0 Å². The molecule has 0 radical (unpaired) electrons. The Morgan fingerprint density at radius 1 is 0.963 bits per heavy atom. The zero-order chi connectivity index (χ0) is 19.2. The third kappa shape index (κ3) is 4.73. The van der Waals surface area contributed by atoms with Crippen LogP contribution in [-0.4, -0.2) is 18.0 Å². The summed E-state index contributed by atoms with van der Waals surface area (Å²) in [6, 6.07) is 24.0. The highest BCUT2D eigenvalue weighted by Gasteiger charge is 2.15. The van der Waals surface area contributed by atoms with Crippen LogP contribution < -0.4 is 5.32 Å². The van der Waals surface area contributed by atoms with Crippen molar-refractivity contribution in [2.45, 2.75) is 19.5 Å². The molecule has 0 saturated carbocycles. The van der Waals surface area contributed by atoms with Gasteiger partial charge in [-0.15, -0.1) is 0 Å². The third-order valence-electron chi connectivity index (χ3n) is 4.57. The third-order valence-corrected chi connectivity index (χ3v) is 4.57. The van der Waals surface area contributed by atoms with E-state index in [4.69, 9.17) is 0 Å². The van der Waals surface area contributed by atoms with Crippen molar-refractivity contribution in [3.8, 4) is 11.1 Å². The molecule has 0 bridgehead atoms. The van der Waals surface area contributed by atoms with Crippen LogP contribution in [0.25, 0.3) is 11.1 Å². The van der Waals surface area contributed by atoms with Gasteiger partial charge in [0.1, 0.15) is 5.82 Å². The molecule has 3 aromatic carbocycles. The van der Waals surface area contributed by atoms with Gasteiger partial charge < -0.3 is 10.2 Å². The molecule has 0 fully saturated rings. The number of nitrogens with zero attached hydrogens (tertiary/aromatic N) is 1. The van der Waals surface area contributed by atoms with Gasteiger partial charge in [-0.3, -0.25) is 0 Å². The fourth-order valence-corrected chi connectivity index (χ4v) is 3.02. The molecule has 4 heteroatoms. The SMILES string of the molecule is CC(NC(=O)N(C)Cc1ccccc1-c1ccccc1)c1ccc(F)cc1. The van der Waals surface area contributed by atoms with E-state index in [2.05, 4.69) is 23.5 Å². The molecule has 0 aromatic heterocycles. The lowest BCUT2D eigenvalue weighted by Gasteiger charge is -2.23. The quantitative estimate of drug-likeness (QED) is 0.648. The number of carbonyl (C=O) groups excluding carboxylic acids is 1. The Kier molecular flexibility index (Phi) is 5.87. The van der Waals surface area contributed by atoms with Gasteiger partial charge in [-0.25, -0.2) is 9.18 Å². The van der Waals surface area contributed by atoms with Crippen LogP contribution in [0, 0.1) is 5.82 Å². The molecule has 1 N–H and O–H groups in total. The molecule has 3 rings (SSSR count). The van der Waals surface area contributed by atoms with Crippen molar-refractivity contribution in [1.82, 2.24) is 10.2 Å². The van der Waals surface area contributed by atoms with Gasteiger partial charge in [0.25, 0.3) is 0 Å². The highest BCUT2D eigenvalue weighted by Crippen LogP contribution is 2.24. The van der Waals surface area contributed by atoms with Crippen LogP contribution in [0.15, 0.2) is 78.9 Å². The second-order valence-corrected chi connectivity index (χ2v) is 6.60. The fraction of sp³-hybridized carbons (Fsp3) is 0.174. The summed E-state index contributed by atoms with van der Waals surface area (Å²) in [5, 5.41) is 2.96. The van der Waals surface area contributed by atoms with Crippen molar-refractivity contribution < 1.29 is 9.18 Å². The first kappa shape index (κ1) is 18.6. The average Bonchev–Trinajstić information content (AvgIpc) is 2.69. The normalized spacial score (nSPS) is 11.7. The van der Waals surface area contributed by atoms with Crippen molar-refractivity contribution >= 4 is 6.03 Å². The van der Waals surface area contributed by atoms with Crippen LogP contribution in [0.4, 0.5) is 9.18 Å². The van der Waals surface area contributed by atoms with Crippen molar-refractivity contribution in [1.29, 1.82) is 0 Å². The molecule has 27 heavy (non-hydrogen) atoms. The van der Waals surface area contributed by atoms with E-state index in [-0.39, 0.29) is 17.9 Å². The van der Waals surface area contributed by atoms with E-state index in [1.807, 2.05) is 43.3 Å². The summed E-state index contributed by atoms with van der Waals surface area (Å²) >= 11 is 0. The molecule has 138 valence electrons. The van der Waals surface area contributed by atoms with E-state index in [1.54, 1.807) is 24.1 Å². The second kappa shape index (κ2) is 8.49. The lowest BCUT2D eigenvalue weighted by atomic mass is 9.99. The standard InChI is InChI=1S/C23H23FN2O/c1-17(18-12-14-21(24)15-13-18)25-23(27)26(2)16-20-10-6-7-11-22(20)19-8-4-3-5-9-19/h3-15,17H,16H2,1-2H3,(H,25,27). The lowest BCUT2D eigenvalue weighted by molar-refractivity contribution is 0.203. The first-order valence-corrected chi connectivity index (χ1v) is 8.95. The maximum absolute atomic E-state index is 13.1. The molecule has 0 aliphatic carbocycles. The van der Waals surface area contributed by atoms with E-state index in [0.29, 0.717) is 6.54 Å². The zero-order valence-corrected chi connectivity index (χ0v) is 15.5. The van der Waals surface area contributed by atoms with E-state index >= 15 is 0 Å². The van der Waals surface area contributed by atoms with Crippen LogP contribution in [0.1, 0.15) is 24.1 Å². The Labute approximate surface area is 159 Å². The maximum atomic E-state index is 13.1. The number of amides is 2. The summed E-state index contributed by atoms with van der Waals surface area (Å²) in [6.07, 6.45) is 0. The van der Waals surface area contributed by atoms with Crippen molar-refractivity contribution in [2.24, 2.45) is 0 Å². The molecule has 0 heterocycles. The lowest BCUT2D eigenvalue weighted by Crippen LogP contribution is -2.38. The molecular weight excluding hydrogens is 339 g/mol. The molecule has 1 unspecified atom stereocenters. The van der Waals surface area contributed by atoms with Crippen LogP contribution in [0.2, 0.25) is 0 Å². The van der Waals surface area contributed by atoms with E-state index in [9.17, 15) is 9.18 Å². The number of benzene rings is 3. The summed E-state index contributed by atoms with van der Waals surface area (Å²) in [5.74, 6) is -0.285. The Bertz CT molecular complexity index is 894. The summed E-state index contributed by atoms with van der Waals surface area (Å²) in [5.41, 5.74) is 4.18. The van der Waals surface area contributed by atoms with Crippen LogP contribution in [0.5, 0.6) is 0 Å². The van der Waals surface area contributed by atoms with E-state index in [1.165, 1.54) is 12.1 Å². The van der Waals surface area contributed by atoms with Crippen molar-refractivity contribution in [3.05, 3.63) is 95.8 Å². The average molecular weight is 362 g/mol. The summed E-state index contributed by atoms with van der Waals surface area (Å²) in [4.78, 5) is 14.2. The van der Waals surface area contributed by atoms with Crippen molar-refractivity contribution in [3.63, 3.8) is 0 Å². The Balaban J connectivity index is 1.69. The molecule has 3 nitrogen and oxygen atoms in total. The first-order valence-electron chi connectivity index (χ1n) is 8.95. The number of halogens is 1. The molecule has 0 aliphatic rings. The summed E-state index contributed by atoms with van der Waals surface area (Å²) in [7, 11) is 1.77. The Hall–Kier alpha value is -3.14. The Morgan fingerprint density at radius 2 is 1.59 bits per heavy atom. The Morgan fingerprint density at radius 3 is 2.30 bits per heavy atom. The molecule has 3 aromatic rings. The summed E-state index contributed by atoms with van der Waals surface area (Å²) in [6.45, 7) is 2.38. The molecular formula is C23H23FN2O. The van der Waals surface area contributed by atoms with Gasteiger partial charge in [-0.05, 0) is 41.3 Å². The molecule has 2 amide bonds. The predicted molar refractivity (Wildman–Crippen MR) is 107 cm³/mol. The minimum Gasteiger partial charge on any atom is -0.331 e. The number of hydrogen-bond acceptors (Lipinski definition) is 1.